The van der Waals surface area contributed by atoms with Gasteiger partial charge in [-0.05, 0) is 95.7 Å². The van der Waals surface area contributed by atoms with Crippen molar-refractivity contribution in [3.63, 3.8) is 0 Å². The van der Waals surface area contributed by atoms with Crippen LogP contribution in [0.5, 0.6) is 0 Å². The largest absolute Gasteiger partial charge is 0.455 e. The minimum atomic E-state index is 0.613. The van der Waals surface area contributed by atoms with Crippen LogP contribution in [0.2, 0.25) is 0 Å². The van der Waals surface area contributed by atoms with Gasteiger partial charge >= 0.3 is 0 Å². The van der Waals surface area contributed by atoms with Gasteiger partial charge < -0.3 is 8.83 Å². The standard InChI is InChI=1S/C62H36N2O2/c1-3-19-39-37(16-1)18-13-27-43(39)57-44-23-5-7-25-46(44)58(47-26-8-6-24-45(47)57)52-35-34-38-17-2-4-20-40(38)59(52)62-63-53(50-30-14-28-48-41-21-9-11-32-55(41)65-60(48)50)36-54(64-62)51-31-15-29-49-42-22-10-12-33-56(42)66-61(49)51/h1-36H. The van der Waals surface area contributed by atoms with Gasteiger partial charge in [-0.15, -0.1) is 0 Å². The Morgan fingerprint density at radius 2 is 0.652 bits per heavy atom. The molecule has 0 atom stereocenters. The number of rotatable bonds is 5. The van der Waals surface area contributed by atoms with Crippen LogP contribution in [-0.2, 0) is 0 Å². The second-order valence-electron chi connectivity index (χ2n) is 17.1. The summed E-state index contributed by atoms with van der Waals surface area (Å²) < 4.78 is 13.4. The molecule has 0 unspecified atom stereocenters. The fraction of sp³-hybridized carbons (Fsp3) is 0. The summed E-state index contributed by atoms with van der Waals surface area (Å²) in [6, 6.07) is 77.4. The van der Waals surface area contributed by atoms with E-state index in [1.54, 1.807) is 0 Å². The van der Waals surface area contributed by atoms with Crippen LogP contribution in [0, 0.1) is 0 Å². The molecule has 306 valence electrons. The zero-order chi connectivity index (χ0) is 43.3. The van der Waals surface area contributed by atoms with Crippen molar-refractivity contribution in [3.05, 3.63) is 218 Å². The Hall–Kier alpha value is -8.86. The molecule has 14 rings (SSSR count). The second kappa shape index (κ2) is 14.3. The lowest BCUT2D eigenvalue weighted by atomic mass is 9.83. The number of para-hydroxylation sites is 4. The first kappa shape index (κ1) is 36.6. The van der Waals surface area contributed by atoms with Crippen molar-refractivity contribution in [3.8, 4) is 56.2 Å². The summed E-state index contributed by atoms with van der Waals surface area (Å²) in [5.41, 5.74) is 12.1. The molecule has 66 heavy (non-hydrogen) atoms. The van der Waals surface area contributed by atoms with Crippen molar-refractivity contribution >= 4 is 87.0 Å². The summed E-state index contributed by atoms with van der Waals surface area (Å²) in [4.78, 5) is 11.3. The van der Waals surface area contributed by atoms with E-state index in [9.17, 15) is 0 Å². The molecule has 4 heteroatoms. The minimum absolute atomic E-state index is 0.613. The summed E-state index contributed by atoms with van der Waals surface area (Å²) in [5, 5.41) is 13.5. The molecule has 3 aromatic heterocycles. The van der Waals surface area contributed by atoms with Crippen LogP contribution in [0.4, 0.5) is 0 Å². The van der Waals surface area contributed by atoms with E-state index >= 15 is 0 Å². The quantitative estimate of drug-likeness (QED) is 0.162. The molecule has 3 heterocycles. The van der Waals surface area contributed by atoms with Crippen molar-refractivity contribution in [1.82, 2.24) is 9.97 Å². The highest BCUT2D eigenvalue weighted by molar-refractivity contribution is 6.25. The lowest BCUT2D eigenvalue weighted by Gasteiger charge is -2.21. The van der Waals surface area contributed by atoms with Crippen molar-refractivity contribution in [2.45, 2.75) is 0 Å². The SMILES string of the molecule is c1ccc2c(-c3c4ccccc4c(-c4ccc5ccccc5c4-c4nc(-c5cccc6c5oc5ccccc56)cc(-c5cccc6c5oc5ccccc56)n4)c4ccccc34)cccc2c1. The molecule has 0 radical (unpaired) electrons. The number of hydrogen-bond acceptors (Lipinski definition) is 4. The zero-order valence-corrected chi connectivity index (χ0v) is 35.5. The summed E-state index contributed by atoms with van der Waals surface area (Å²) in [6.45, 7) is 0. The average Bonchev–Trinajstić information content (AvgIpc) is 3.96. The van der Waals surface area contributed by atoms with Gasteiger partial charge in [0.1, 0.15) is 22.3 Å². The molecular formula is C62H36N2O2. The number of aromatic nitrogens is 2. The summed E-state index contributed by atoms with van der Waals surface area (Å²) in [5.74, 6) is 0.613. The highest BCUT2D eigenvalue weighted by Crippen LogP contribution is 2.49. The van der Waals surface area contributed by atoms with E-state index in [0.29, 0.717) is 5.82 Å². The van der Waals surface area contributed by atoms with E-state index in [1.165, 1.54) is 32.7 Å². The molecule has 0 saturated heterocycles. The maximum atomic E-state index is 6.69. The maximum absolute atomic E-state index is 6.69. The lowest BCUT2D eigenvalue weighted by Crippen LogP contribution is -2.00. The van der Waals surface area contributed by atoms with Gasteiger partial charge in [0.25, 0.3) is 0 Å². The number of furan rings is 2. The topological polar surface area (TPSA) is 52.1 Å². The Labute approximate surface area is 378 Å². The Kier molecular flexibility index (Phi) is 7.95. The molecule has 14 aromatic rings. The molecule has 11 aromatic carbocycles. The summed E-state index contributed by atoms with van der Waals surface area (Å²) >= 11 is 0. The van der Waals surface area contributed by atoms with Crippen LogP contribution in [0.25, 0.3) is 143 Å². The van der Waals surface area contributed by atoms with Crippen molar-refractivity contribution in [2.75, 3.05) is 0 Å². The molecule has 0 aliphatic rings. The normalized spacial score (nSPS) is 11.9. The van der Waals surface area contributed by atoms with Gasteiger partial charge in [-0.2, -0.15) is 0 Å². The molecule has 0 spiro atoms. The van der Waals surface area contributed by atoms with Gasteiger partial charge in [0, 0.05) is 38.2 Å². The van der Waals surface area contributed by atoms with Crippen molar-refractivity contribution in [1.29, 1.82) is 0 Å². The molecule has 0 bridgehead atoms. The summed E-state index contributed by atoms with van der Waals surface area (Å²) in [6.07, 6.45) is 0. The van der Waals surface area contributed by atoms with Crippen LogP contribution < -0.4 is 0 Å². The van der Waals surface area contributed by atoms with Gasteiger partial charge in [0.05, 0.1) is 11.4 Å². The minimum Gasteiger partial charge on any atom is -0.455 e. The smallest absolute Gasteiger partial charge is 0.161 e. The number of nitrogens with zero attached hydrogens (tertiary/aromatic N) is 2. The van der Waals surface area contributed by atoms with Gasteiger partial charge in [-0.3, -0.25) is 0 Å². The van der Waals surface area contributed by atoms with E-state index < -0.39 is 0 Å². The molecular weight excluding hydrogens is 805 g/mol. The molecule has 0 fully saturated rings. The van der Waals surface area contributed by atoms with Crippen LogP contribution in [0.15, 0.2) is 227 Å². The van der Waals surface area contributed by atoms with Crippen LogP contribution in [0.1, 0.15) is 0 Å². The van der Waals surface area contributed by atoms with Gasteiger partial charge in [0.2, 0.25) is 0 Å². The third-order valence-electron chi connectivity index (χ3n) is 13.5. The highest BCUT2D eigenvalue weighted by Gasteiger charge is 2.25. The maximum Gasteiger partial charge on any atom is 0.161 e. The number of benzene rings is 11. The van der Waals surface area contributed by atoms with Crippen LogP contribution >= 0.6 is 0 Å². The number of hydrogen-bond donors (Lipinski definition) is 0. The monoisotopic (exact) mass is 840 g/mol. The molecule has 0 aliphatic heterocycles. The zero-order valence-electron chi connectivity index (χ0n) is 35.5. The Morgan fingerprint density at radius 3 is 1.21 bits per heavy atom. The van der Waals surface area contributed by atoms with E-state index in [-0.39, 0.29) is 0 Å². The Morgan fingerprint density at radius 1 is 0.258 bits per heavy atom. The predicted molar refractivity (Wildman–Crippen MR) is 274 cm³/mol. The highest BCUT2D eigenvalue weighted by atomic mass is 16.3. The molecule has 0 aliphatic carbocycles. The second-order valence-corrected chi connectivity index (χ2v) is 17.1. The third-order valence-corrected chi connectivity index (χ3v) is 13.5. The fourth-order valence-electron chi connectivity index (χ4n) is 10.6. The van der Waals surface area contributed by atoms with E-state index in [0.717, 1.165) is 105 Å². The van der Waals surface area contributed by atoms with E-state index in [4.69, 9.17) is 18.8 Å². The lowest BCUT2D eigenvalue weighted by molar-refractivity contribution is 0.669. The molecule has 0 saturated carbocycles. The third kappa shape index (κ3) is 5.45. The van der Waals surface area contributed by atoms with Crippen molar-refractivity contribution in [2.24, 2.45) is 0 Å². The van der Waals surface area contributed by atoms with Crippen LogP contribution in [0.3, 0.4) is 0 Å². The first-order valence-corrected chi connectivity index (χ1v) is 22.4. The van der Waals surface area contributed by atoms with Crippen molar-refractivity contribution < 1.29 is 8.83 Å². The average molecular weight is 841 g/mol. The molecule has 0 N–H and O–H groups in total. The van der Waals surface area contributed by atoms with E-state index in [1.807, 2.05) is 24.3 Å². The first-order chi connectivity index (χ1) is 32.7. The van der Waals surface area contributed by atoms with Crippen LogP contribution in [-0.4, -0.2) is 9.97 Å². The number of fused-ring (bicyclic) bond motifs is 10. The van der Waals surface area contributed by atoms with Gasteiger partial charge in [-0.25, -0.2) is 9.97 Å². The molecule has 4 nitrogen and oxygen atoms in total. The Balaban J connectivity index is 1.11. The van der Waals surface area contributed by atoms with E-state index in [2.05, 4.69) is 194 Å². The summed E-state index contributed by atoms with van der Waals surface area (Å²) in [7, 11) is 0. The molecule has 0 amide bonds. The predicted octanol–water partition coefficient (Wildman–Crippen LogP) is 17.2. The van der Waals surface area contributed by atoms with Gasteiger partial charge in [-0.1, -0.05) is 188 Å². The van der Waals surface area contributed by atoms with Gasteiger partial charge in [0.15, 0.2) is 5.82 Å². The first-order valence-electron chi connectivity index (χ1n) is 22.4. The Bertz CT molecular complexity index is 4110. The fourth-order valence-corrected chi connectivity index (χ4v) is 10.6.